The van der Waals surface area contributed by atoms with Gasteiger partial charge in [-0.05, 0) is 29.8 Å². The number of primary sulfonamides is 1. The van der Waals surface area contributed by atoms with Gasteiger partial charge in [0, 0.05) is 6.07 Å². The van der Waals surface area contributed by atoms with Crippen molar-refractivity contribution < 1.29 is 22.8 Å². The van der Waals surface area contributed by atoms with Gasteiger partial charge in [-0.2, -0.15) is 0 Å². The number of nitrogens with zero attached hydrogens (tertiary/aromatic N) is 2. The van der Waals surface area contributed by atoms with E-state index in [0.29, 0.717) is 5.56 Å². The normalized spacial score (nSPS) is 16.4. The fourth-order valence-electron chi connectivity index (χ4n) is 2.79. The zero-order valence-corrected chi connectivity index (χ0v) is 13.6. The molecule has 1 aliphatic rings. The molecule has 0 aliphatic carbocycles. The molecule has 0 saturated carbocycles. The number of aliphatic hydroxyl groups is 1. The van der Waals surface area contributed by atoms with Gasteiger partial charge in [0.15, 0.2) is 0 Å². The van der Waals surface area contributed by atoms with E-state index in [-0.39, 0.29) is 23.7 Å². The fraction of sp³-hybridized carbons (Fsp3) is 0.200. The number of nitro groups is 1. The number of benzene rings is 2. The highest BCUT2D eigenvalue weighted by atomic mass is 32.2. The molecule has 0 bridgehead atoms. The van der Waals surface area contributed by atoms with Crippen molar-refractivity contribution in [3.63, 3.8) is 0 Å². The Kier molecular flexibility index (Phi) is 3.98. The van der Waals surface area contributed by atoms with Crippen molar-refractivity contribution in [1.82, 2.24) is 0 Å². The van der Waals surface area contributed by atoms with E-state index in [0.717, 1.165) is 6.07 Å². The second-order valence-electron chi connectivity index (χ2n) is 5.85. The molecule has 0 amide bonds. The van der Waals surface area contributed by atoms with Crippen molar-refractivity contribution in [3.8, 4) is 0 Å². The summed E-state index contributed by atoms with van der Waals surface area (Å²) in [5, 5.41) is 26.8. The summed E-state index contributed by atoms with van der Waals surface area (Å²) >= 11 is 0. The largest absolute Gasteiger partial charge is 0.381 e. The molecule has 0 unspecified atom stereocenters. The topological polar surface area (TPSA) is 127 Å². The number of nitrogens with two attached hydrogens (primary N) is 1. The van der Waals surface area contributed by atoms with Crippen LogP contribution >= 0.6 is 0 Å². The first-order valence-corrected chi connectivity index (χ1v) is 8.69. The lowest BCUT2D eigenvalue weighted by Crippen LogP contribution is -2.59. The molecule has 0 radical (unpaired) electrons. The molecule has 3 N–H and O–H groups in total. The minimum atomic E-state index is -4.07. The Labute approximate surface area is 142 Å². The van der Waals surface area contributed by atoms with Crippen LogP contribution in [0.3, 0.4) is 0 Å². The summed E-state index contributed by atoms with van der Waals surface area (Å²) in [6.45, 7) is 0.0996. The lowest BCUT2D eigenvalue weighted by molar-refractivity contribution is -0.384. The predicted octanol–water partition coefficient (Wildman–Crippen LogP) is 1.09. The first-order valence-electron chi connectivity index (χ1n) is 7.15. The Morgan fingerprint density at radius 3 is 2.32 bits per heavy atom. The van der Waals surface area contributed by atoms with Gasteiger partial charge in [-0.25, -0.2) is 17.9 Å². The molecule has 2 aromatic carbocycles. The molecule has 3 rings (SSSR count). The van der Waals surface area contributed by atoms with Gasteiger partial charge in [0.1, 0.15) is 17.1 Å². The molecule has 1 aliphatic heterocycles. The van der Waals surface area contributed by atoms with Crippen molar-refractivity contribution in [2.75, 3.05) is 18.0 Å². The van der Waals surface area contributed by atoms with Crippen molar-refractivity contribution in [3.05, 3.63) is 64.0 Å². The smallest absolute Gasteiger partial charge is 0.293 e. The zero-order chi connectivity index (χ0) is 18.4. The van der Waals surface area contributed by atoms with E-state index in [9.17, 15) is 28.0 Å². The zero-order valence-electron chi connectivity index (χ0n) is 12.8. The van der Waals surface area contributed by atoms with E-state index >= 15 is 0 Å². The first-order chi connectivity index (χ1) is 11.6. The molecule has 1 saturated heterocycles. The molecule has 132 valence electrons. The number of halogens is 1. The molecule has 1 fully saturated rings. The summed E-state index contributed by atoms with van der Waals surface area (Å²) in [7, 11) is -4.07. The quantitative estimate of drug-likeness (QED) is 0.615. The maximum absolute atomic E-state index is 13.0. The highest BCUT2D eigenvalue weighted by molar-refractivity contribution is 7.89. The van der Waals surface area contributed by atoms with E-state index in [4.69, 9.17) is 5.14 Å². The lowest BCUT2D eigenvalue weighted by atomic mass is 9.85. The van der Waals surface area contributed by atoms with Crippen molar-refractivity contribution in [1.29, 1.82) is 0 Å². The molecule has 2 aromatic rings. The van der Waals surface area contributed by atoms with E-state index in [2.05, 4.69) is 0 Å². The van der Waals surface area contributed by atoms with Crippen LogP contribution in [-0.4, -0.2) is 31.5 Å². The molecular formula is C15H14FN3O5S. The average Bonchev–Trinajstić information content (AvgIpc) is 2.51. The number of sulfonamides is 1. The van der Waals surface area contributed by atoms with Gasteiger partial charge in [-0.1, -0.05) is 12.1 Å². The summed E-state index contributed by atoms with van der Waals surface area (Å²) in [6.07, 6.45) is 0. The number of hydrogen-bond donors (Lipinski definition) is 2. The third-order valence-corrected chi connectivity index (χ3v) is 5.01. The van der Waals surface area contributed by atoms with E-state index in [1.807, 2.05) is 0 Å². The SMILES string of the molecule is NS(=O)(=O)c1ccc(N2CC(O)(c3ccc(F)cc3)C2)c([N+](=O)[O-])c1. The van der Waals surface area contributed by atoms with Crippen molar-refractivity contribution in [2.24, 2.45) is 5.14 Å². The highest BCUT2D eigenvalue weighted by Gasteiger charge is 2.44. The average molecular weight is 367 g/mol. The number of anilines is 1. The van der Waals surface area contributed by atoms with Crippen LogP contribution < -0.4 is 10.0 Å². The van der Waals surface area contributed by atoms with E-state index < -0.39 is 32.1 Å². The molecule has 1 heterocycles. The maximum atomic E-state index is 13.0. The van der Waals surface area contributed by atoms with Crippen LogP contribution in [0.5, 0.6) is 0 Å². The van der Waals surface area contributed by atoms with Gasteiger partial charge in [-0.15, -0.1) is 0 Å². The van der Waals surface area contributed by atoms with Gasteiger partial charge in [-0.3, -0.25) is 10.1 Å². The monoisotopic (exact) mass is 367 g/mol. The first kappa shape index (κ1) is 17.3. The summed E-state index contributed by atoms with van der Waals surface area (Å²) in [6, 6.07) is 8.68. The third-order valence-electron chi connectivity index (χ3n) is 4.10. The Morgan fingerprint density at radius 1 is 1.20 bits per heavy atom. The van der Waals surface area contributed by atoms with Crippen LogP contribution in [-0.2, 0) is 15.6 Å². The second kappa shape index (κ2) is 5.76. The molecular weight excluding hydrogens is 353 g/mol. The molecule has 8 nitrogen and oxygen atoms in total. The maximum Gasteiger partial charge on any atom is 0.293 e. The van der Waals surface area contributed by atoms with E-state index in [1.165, 1.54) is 41.3 Å². The molecule has 0 atom stereocenters. The number of rotatable bonds is 4. The Hall–Kier alpha value is -2.56. The van der Waals surface area contributed by atoms with Crippen LogP contribution in [0.2, 0.25) is 0 Å². The van der Waals surface area contributed by atoms with Crippen LogP contribution in [0.25, 0.3) is 0 Å². The highest BCUT2D eigenvalue weighted by Crippen LogP contribution is 2.40. The minimum Gasteiger partial charge on any atom is -0.381 e. The van der Waals surface area contributed by atoms with Crippen LogP contribution in [0, 0.1) is 15.9 Å². The molecule has 0 spiro atoms. The van der Waals surface area contributed by atoms with Crippen LogP contribution in [0.4, 0.5) is 15.8 Å². The van der Waals surface area contributed by atoms with Gasteiger partial charge >= 0.3 is 0 Å². The van der Waals surface area contributed by atoms with Gasteiger partial charge in [0.25, 0.3) is 5.69 Å². The Balaban J connectivity index is 1.89. The van der Waals surface area contributed by atoms with Gasteiger partial charge in [0.05, 0.1) is 22.9 Å². The van der Waals surface area contributed by atoms with Gasteiger partial charge in [0.2, 0.25) is 10.0 Å². The minimum absolute atomic E-state index is 0.0498. The van der Waals surface area contributed by atoms with Crippen molar-refractivity contribution >= 4 is 21.4 Å². The number of nitro benzene ring substituents is 1. The molecule has 25 heavy (non-hydrogen) atoms. The predicted molar refractivity (Wildman–Crippen MR) is 87.0 cm³/mol. The van der Waals surface area contributed by atoms with Crippen molar-refractivity contribution in [2.45, 2.75) is 10.5 Å². The van der Waals surface area contributed by atoms with E-state index in [1.54, 1.807) is 0 Å². The number of β-amino-alcohol motifs (C(OH)–C–C–N with tert-alkyl or cyclic N) is 1. The van der Waals surface area contributed by atoms with Gasteiger partial charge < -0.3 is 10.0 Å². The Bertz CT molecular complexity index is 940. The summed E-state index contributed by atoms with van der Waals surface area (Å²) in [5.74, 6) is -0.433. The summed E-state index contributed by atoms with van der Waals surface area (Å²) in [4.78, 5) is 11.7. The standard InChI is InChI=1S/C15H14FN3O5S/c16-11-3-1-10(2-4-11)15(20)8-18(9-15)13-6-5-12(25(17,23)24)7-14(13)19(21)22/h1-7,20H,8-9H2,(H2,17,23,24). The van der Waals surface area contributed by atoms with Crippen LogP contribution in [0.1, 0.15) is 5.56 Å². The lowest BCUT2D eigenvalue weighted by Gasteiger charge is -2.47. The number of hydrogen-bond acceptors (Lipinski definition) is 6. The Morgan fingerprint density at radius 2 is 1.80 bits per heavy atom. The third kappa shape index (κ3) is 3.18. The molecule has 0 aromatic heterocycles. The van der Waals surface area contributed by atoms with Crippen LogP contribution in [0.15, 0.2) is 47.4 Å². The second-order valence-corrected chi connectivity index (χ2v) is 7.41. The summed E-state index contributed by atoms with van der Waals surface area (Å²) < 4.78 is 35.7. The molecule has 10 heteroatoms. The fourth-order valence-corrected chi connectivity index (χ4v) is 3.33. The summed E-state index contributed by atoms with van der Waals surface area (Å²) in [5.41, 5.74) is -1.02.